The Morgan fingerprint density at radius 2 is 1.61 bits per heavy atom. The van der Waals surface area contributed by atoms with Gasteiger partial charge in [0.05, 0.1) is 12.7 Å². The molecule has 0 radical (unpaired) electrons. The van der Waals surface area contributed by atoms with Crippen LogP contribution >= 0.6 is 0 Å². The fourth-order valence-electron chi connectivity index (χ4n) is 3.21. The number of carbonyl (C=O) groups is 1. The number of hydrogen-bond acceptors (Lipinski definition) is 5. The van der Waals surface area contributed by atoms with Crippen LogP contribution in [0.1, 0.15) is 97.3 Å². The van der Waals surface area contributed by atoms with E-state index in [0.29, 0.717) is 12.8 Å². The van der Waals surface area contributed by atoms with Crippen molar-refractivity contribution in [3.8, 4) is 0 Å². The Hall–Kier alpha value is -0.910. The Balaban J connectivity index is 3.75. The third-order valence-electron chi connectivity index (χ3n) is 5.13. The lowest BCUT2D eigenvalue weighted by Crippen LogP contribution is -2.21. The standard InChI is InChI=1S/C23H44O5/c1-3-4-5-6-7-8-9-10-11-12-15-21(20(2)25)16-13-14-17-23(27)28-19-22(26)18-24/h10-11,20-22,24-26H,3-9,12-19H2,1-2H3/b11-10-. The molecule has 0 saturated carbocycles. The average Bonchev–Trinajstić information content (AvgIpc) is 2.68. The SMILES string of the molecule is CCCCCCCC/C=C\CCC(CCCCC(=O)OCC(O)CO)C(C)O. The predicted molar refractivity (Wildman–Crippen MR) is 114 cm³/mol. The van der Waals surface area contributed by atoms with Crippen molar-refractivity contribution in [2.45, 2.75) is 110 Å². The van der Waals surface area contributed by atoms with Crippen molar-refractivity contribution < 1.29 is 24.9 Å². The van der Waals surface area contributed by atoms with Crippen LogP contribution in [0.2, 0.25) is 0 Å². The highest BCUT2D eigenvalue weighted by Gasteiger charge is 2.14. The summed E-state index contributed by atoms with van der Waals surface area (Å²) >= 11 is 0. The summed E-state index contributed by atoms with van der Waals surface area (Å²) in [4.78, 5) is 11.5. The fourth-order valence-corrected chi connectivity index (χ4v) is 3.21. The van der Waals surface area contributed by atoms with Crippen molar-refractivity contribution in [2.24, 2.45) is 5.92 Å². The van der Waals surface area contributed by atoms with Crippen LogP contribution in [-0.2, 0) is 9.53 Å². The summed E-state index contributed by atoms with van der Waals surface area (Å²) in [6.07, 6.45) is 17.0. The van der Waals surface area contributed by atoms with E-state index >= 15 is 0 Å². The molecular weight excluding hydrogens is 356 g/mol. The van der Waals surface area contributed by atoms with E-state index in [1.807, 2.05) is 6.92 Å². The first-order valence-corrected chi connectivity index (χ1v) is 11.3. The van der Waals surface area contributed by atoms with Crippen molar-refractivity contribution in [2.75, 3.05) is 13.2 Å². The minimum atomic E-state index is -1.00. The molecule has 0 bridgehead atoms. The molecule has 3 N–H and O–H groups in total. The van der Waals surface area contributed by atoms with Gasteiger partial charge in [0, 0.05) is 6.42 Å². The van der Waals surface area contributed by atoms with Gasteiger partial charge in [0.1, 0.15) is 12.7 Å². The Bertz CT molecular complexity index is 381. The maximum absolute atomic E-state index is 11.5. The molecule has 0 fully saturated rings. The topological polar surface area (TPSA) is 87.0 Å². The summed E-state index contributed by atoms with van der Waals surface area (Å²) in [7, 11) is 0. The highest BCUT2D eigenvalue weighted by molar-refractivity contribution is 5.69. The third kappa shape index (κ3) is 17.2. The second kappa shape index (κ2) is 19.4. The molecule has 3 atom stereocenters. The lowest BCUT2D eigenvalue weighted by atomic mass is 9.91. The van der Waals surface area contributed by atoms with Gasteiger partial charge in [-0.25, -0.2) is 0 Å². The van der Waals surface area contributed by atoms with E-state index in [4.69, 9.17) is 14.9 Å². The molecule has 0 aliphatic carbocycles. The molecule has 28 heavy (non-hydrogen) atoms. The van der Waals surface area contributed by atoms with Crippen LogP contribution < -0.4 is 0 Å². The number of carbonyl (C=O) groups excluding carboxylic acids is 1. The quantitative estimate of drug-likeness (QED) is 0.168. The van der Waals surface area contributed by atoms with Gasteiger partial charge in [-0.2, -0.15) is 0 Å². The Kier molecular flexibility index (Phi) is 18.8. The molecule has 0 aromatic rings. The van der Waals surface area contributed by atoms with E-state index in [9.17, 15) is 9.90 Å². The highest BCUT2D eigenvalue weighted by atomic mass is 16.5. The van der Waals surface area contributed by atoms with Crippen LogP contribution in [0, 0.1) is 5.92 Å². The van der Waals surface area contributed by atoms with Crippen molar-refractivity contribution in [3.63, 3.8) is 0 Å². The van der Waals surface area contributed by atoms with E-state index in [1.54, 1.807) is 0 Å². The molecule has 0 amide bonds. The zero-order valence-corrected chi connectivity index (χ0v) is 18.2. The molecule has 0 saturated heterocycles. The molecule has 166 valence electrons. The molecule has 0 aliphatic rings. The molecule has 5 heteroatoms. The van der Waals surface area contributed by atoms with Crippen LogP contribution in [-0.4, -0.2) is 46.7 Å². The van der Waals surface area contributed by atoms with Gasteiger partial charge in [0.2, 0.25) is 0 Å². The largest absolute Gasteiger partial charge is 0.463 e. The second-order valence-corrected chi connectivity index (χ2v) is 7.87. The minimum absolute atomic E-state index is 0.156. The van der Waals surface area contributed by atoms with Gasteiger partial charge < -0.3 is 20.1 Å². The zero-order valence-electron chi connectivity index (χ0n) is 18.2. The first kappa shape index (κ1) is 27.1. The van der Waals surface area contributed by atoms with Gasteiger partial charge in [0.25, 0.3) is 0 Å². The molecular formula is C23H44O5. The van der Waals surface area contributed by atoms with Crippen LogP contribution in [0.25, 0.3) is 0 Å². The summed E-state index contributed by atoms with van der Waals surface area (Å²) < 4.78 is 4.88. The van der Waals surface area contributed by atoms with Crippen molar-refractivity contribution in [1.82, 2.24) is 0 Å². The third-order valence-corrected chi connectivity index (χ3v) is 5.13. The maximum Gasteiger partial charge on any atom is 0.305 e. The van der Waals surface area contributed by atoms with E-state index in [2.05, 4.69) is 19.1 Å². The van der Waals surface area contributed by atoms with E-state index in [1.165, 1.54) is 38.5 Å². The lowest BCUT2D eigenvalue weighted by Gasteiger charge is -2.19. The molecule has 5 nitrogen and oxygen atoms in total. The molecule has 0 rings (SSSR count). The van der Waals surface area contributed by atoms with Crippen LogP contribution in [0.3, 0.4) is 0 Å². The predicted octanol–water partition coefficient (Wildman–Crippen LogP) is 4.53. The minimum Gasteiger partial charge on any atom is -0.463 e. The van der Waals surface area contributed by atoms with Crippen LogP contribution in [0.15, 0.2) is 12.2 Å². The van der Waals surface area contributed by atoms with Gasteiger partial charge in [-0.3, -0.25) is 4.79 Å². The number of rotatable bonds is 19. The van der Waals surface area contributed by atoms with E-state index < -0.39 is 12.7 Å². The van der Waals surface area contributed by atoms with Crippen molar-refractivity contribution >= 4 is 5.97 Å². The first-order valence-electron chi connectivity index (χ1n) is 11.3. The zero-order chi connectivity index (χ0) is 21.0. The molecule has 0 aliphatic heterocycles. The van der Waals surface area contributed by atoms with Crippen LogP contribution in [0.4, 0.5) is 0 Å². The lowest BCUT2D eigenvalue weighted by molar-refractivity contribution is -0.147. The Labute approximate surface area is 172 Å². The highest BCUT2D eigenvalue weighted by Crippen LogP contribution is 2.20. The van der Waals surface area contributed by atoms with Crippen molar-refractivity contribution in [1.29, 1.82) is 0 Å². The number of ether oxygens (including phenoxy) is 1. The molecule has 0 aromatic heterocycles. The first-order chi connectivity index (χ1) is 13.5. The molecule has 3 unspecified atom stereocenters. The monoisotopic (exact) mass is 400 g/mol. The van der Waals surface area contributed by atoms with Crippen LogP contribution in [0.5, 0.6) is 0 Å². The fraction of sp³-hybridized carbons (Fsp3) is 0.870. The van der Waals surface area contributed by atoms with Crippen molar-refractivity contribution in [3.05, 3.63) is 12.2 Å². The summed E-state index contributed by atoms with van der Waals surface area (Å²) in [6, 6.07) is 0. The number of hydrogen-bond donors (Lipinski definition) is 3. The molecule has 0 aromatic carbocycles. The Morgan fingerprint density at radius 1 is 0.929 bits per heavy atom. The number of aliphatic hydroxyl groups is 3. The summed E-state index contributed by atoms with van der Waals surface area (Å²) in [5.41, 5.74) is 0. The smallest absolute Gasteiger partial charge is 0.305 e. The summed E-state index contributed by atoms with van der Waals surface area (Å²) in [5.74, 6) is -0.0929. The maximum atomic E-state index is 11.5. The van der Waals surface area contributed by atoms with Gasteiger partial charge >= 0.3 is 5.97 Å². The molecule has 0 heterocycles. The van der Waals surface area contributed by atoms with E-state index in [0.717, 1.165) is 32.1 Å². The number of esters is 1. The van der Waals surface area contributed by atoms with Gasteiger partial charge in [-0.05, 0) is 51.4 Å². The van der Waals surface area contributed by atoms with Gasteiger partial charge in [-0.1, -0.05) is 57.6 Å². The molecule has 0 spiro atoms. The van der Waals surface area contributed by atoms with E-state index in [-0.39, 0.29) is 24.6 Å². The average molecular weight is 401 g/mol. The number of unbranched alkanes of at least 4 members (excludes halogenated alkanes) is 7. The number of aliphatic hydroxyl groups excluding tert-OH is 3. The van der Waals surface area contributed by atoms with Gasteiger partial charge in [-0.15, -0.1) is 0 Å². The second-order valence-electron chi connectivity index (χ2n) is 7.87. The summed E-state index contributed by atoms with van der Waals surface area (Å²) in [6.45, 7) is 3.52. The normalized spacial score (nSPS) is 14.9. The number of allylic oxidation sites excluding steroid dienone is 2. The summed E-state index contributed by atoms with van der Waals surface area (Å²) in [5, 5.41) is 27.8. The van der Waals surface area contributed by atoms with Gasteiger partial charge in [0.15, 0.2) is 0 Å². The Morgan fingerprint density at radius 3 is 2.29 bits per heavy atom.